The molecule has 0 fully saturated rings. The molecule has 0 atom stereocenters. The number of nitriles is 1. The third-order valence-corrected chi connectivity index (χ3v) is 5.72. The monoisotopic (exact) mass is 427 g/mol. The smallest absolute Gasteiger partial charge is 0.101 e. The zero-order valence-corrected chi connectivity index (χ0v) is 20.1. The predicted octanol–water partition coefficient (Wildman–Crippen LogP) is 5.74. The van der Waals surface area contributed by atoms with Crippen molar-refractivity contribution in [1.29, 1.82) is 5.26 Å². The Bertz CT molecular complexity index is 1240. The number of aromatic nitrogens is 3. The van der Waals surface area contributed by atoms with Gasteiger partial charge in [0.1, 0.15) is 5.69 Å². The molecule has 0 spiro atoms. The van der Waals surface area contributed by atoms with Crippen molar-refractivity contribution < 1.29 is 0 Å². The summed E-state index contributed by atoms with van der Waals surface area (Å²) in [5.41, 5.74) is 7.41. The van der Waals surface area contributed by atoms with Crippen LogP contribution in [0.15, 0.2) is 42.6 Å². The Hall–Kier alpha value is -3.23. The quantitative estimate of drug-likeness (QED) is 0.393. The number of hydrogen-bond donors (Lipinski definition) is 0. The molecule has 0 saturated heterocycles. The van der Waals surface area contributed by atoms with Gasteiger partial charge in [0.05, 0.1) is 28.9 Å². The molecule has 0 radical (unpaired) electrons. The van der Waals surface area contributed by atoms with Crippen molar-refractivity contribution in [2.45, 2.75) is 40.0 Å². The largest absolute Gasteiger partial charge is 0.309 e. The average Bonchev–Trinajstić information content (AvgIpc) is 3.16. The number of nitrogens with zero attached hydrogens (tertiary/aromatic N) is 5. The van der Waals surface area contributed by atoms with Crippen LogP contribution in [0, 0.1) is 11.3 Å². The Morgan fingerprint density at radius 1 is 1.06 bits per heavy atom. The molecule has 2 aromatic carbocycles. The second kappa shape index (κ2) is 10.4. The van der Waals surface area contributed by atoms with E-state index in [-0.39, 0.29) is 0 Å². The molecule has 0 aliphatic rings. The van der Waals surface area contributed by atoms with Crippen LogP contribution < -0.4 is 0 Å². The van der Waals surface area contributed by atoms with E-state index in [4.69, 9.17) is 15.3 Å². The predicted molar refractivity (Wildman–Crippen MR) is 134 cm³/mol. The highest BCUT2D eigenvalue weighted by molar-refractivity contribution is 6.11. The number of benzene rings is 2. The van der Waals surface area contributed by atoms with Crippen LogP contribution in [-0.2, 0) is 19.9 Å². The molecule has 5 nitrogen and oxygen atoms in total. The minimum Gasteiger partial charge on any atom is -0.309 e. The lowest BCUT2D eigenvalue weighted by molar-refractivity contribution is 0.400. The SMILES string of the molecule is CC.CCc1cc2c(cc1CCCN(C)C)ncc1c2c(-c2ccc(C#N)cc2)nn1C. The maximum atomic E-state index is 9.11. The van der Waals surface area contributed by atoms with Gasteiger partial charge in [0.25, 0.3) is 0 Å². The molecule has 0 unspecified atom stereocenters. The van der Waals surface area contributed by atoms with Crippen LogP contribution in [0.1, 0.15) is 43.9 Å². The number of rotatable bonds is 6. The Kier molecular flexibility index (Phi) is 7.61. The number of fused-ring (bicyclic) bond motifs is 3. The number of aryl methyl sites for hydroxylation is 3. The molecule has 0 amide bonds. The molecule has 0 N–H and O–H groups in total. The van der Waals surface area contributed by atoms with Gasteiger partial charge in [0.2, 0.25) is 0 Å². The standard InChI is InChI=1S/C25H27N5.C2H6/c1-5-18-13-21-22(14-20(18)7-6-12-29(2)3)27-16-23-24(21)25(28-30(23)4)19-10-8-17(15-26)9-11-19;1-2/h8-11,13-14,16H,5-7,12H2,1-4H3;1-2H3. The highest BCUT2D eigenvalue weighted by Gasteiger charge is 2.16. The molecule has 32 heavy (non-hydrogen) atoms. The fourth-order valence-corrected chi connectivity index (χ4v) is 4.12. The van der Waals surface area contributed by atoms with Crippen LogP contribution in [0.2, 0.25) is 0 Å². The Labute approximate surface area is 191 Å². The van der Waals surface area contributed by atoms with Crippen LogP contribution in [0.5, 0.6) is 0 Å². The Balaban J connectivity index is 0.00000141. The van der Waals surface area contributed by atoms with Crippen molar-refractivity contribution >= 4 is 21.8 Å². The lowest BCUT2D eigenvalue weighted by Crippen LogP contribution is -2.13. The molecule has 2 heterocycles. The lowest BCUT2D eigenvalue weighted by atomic mass is 9.95. The van der Waals surface area contributed by atoms with E-state index < -0.39 is 0 Å². The van der Waals surface area contributed by atoms with Gasteiger partial charge in [0.15, 0.2) is 0 Å². The van der Waals surface area contributed by atoms with Gasteiger partial charge < -0.3 is 4.90 Å². The van der Waals surface area contributed by atoms with Gasteiger partial charge in [-0.05, 0) is 75.3 Å². The van der Waals surface area contributed by atoms with Crippen LogP contribution in [0.4, 0.5) is 0 Å². The molecule has 4 aromatic rings. The van der Waals surface area contributed by atoms with Gasteiger partial charge in [-0.1, -0.05) is 32.9 Å². The lowest BCUT2D eigenvalue weighted by Gasteiger charge is -2.13. The summed E-state index contributed by atoms with van der Waals surface area (Å²) in [7, 11) is 6.19. The molecule has 4 rings (SSSR count). The third-order valence-electron chi connectivity index (χ3n) is 5.72. The molecular formula is C27H33N5. The minimum atomic E-state index is 0.654. The first-order chi connectivity index (χ1) is 15.5. The van der Waals surface area contributed by atoms with Crippen LogP contribution in [0.25, 0.3) is 33.1 Å². The zero-order chi connectivity index (χ0) is 23.3. The maximum absolute atomic E-state index is 9.11. The molecule has 5 heteroatoms. The third kappa shape index (κ3) is 4.66. The second-order valence-electron chi connectivity index (χ2n) is 8.08. The Morgan fingerprint density at radius 3 is 2.41 bits per heavy atom. The molecule has 166 valence electrons. The van der Waals surface area contributed by atoms with Crippen LogP contribution in [-0.4, -0.2) is 40.3 Å². The van der Waals surface area contributed by atoms with E-state index in [0.29, 0.717) is 5.56 Å². The van der Waals surface area contributed by atoms with Crippen molar-refractivity contribution in [3.05, 3.63) is 59.3 Å². The van der Waals surface area contributed by atoms with Gasteiger partial charge in [0, 0.05) is 23.4 Å². The highest BCUT2D eigenvalue weighted by Crippen LogP contribution is 2.34. The maximum Gasteiger partial charge on any atom is 0.101 e. The summed E-state index contributed by atoms with van der Waals surface area (Å²) in [5, 5.41) is 16.2. The summed E-state index contributed by atoms with van der Waals surface area (Å²) in [6.07, 6.45) is 5.12. The molecule has 0 saturated carbocycles. The molecule has 2 aromatic heterocycles. The van der Waals surface area contributed by atoms with E-state index in [2.05, 4.69) is 44.1 Å². The zero-order valence-electron chi connectivity index (χ0n) is 20.1. The fraction of sp³-hybridized carbons (Fsp3) is 0.370. The summed E-state index contributed by atoms with van der Waals surface area (Å²) in [6.45, 7) is 7.30. The second-order valence-corrected chi connectivity index (χ2v) is 8.08. The van der Waals surface area contributed by atoms with Gasteiger partial charge in [-0.3, -0.25) is 9.67 Å². The van der Waals surface area contributed by atoms with Crippen molar-refractivity contribution in [1.82, 2.24) is 19.7 Å². The van der Waals surface area contributed by atoms with Gasteiger partial charge in [-0.25, -0.2) is 0 Å². The molecule has 0 aliphatic carbocycles. The van der Waals surface area contributed by atoms with Gasteiger partial charge in [-0.2, -0.15) is 10.4 Å². The Morgan fingerprint density at radius 2 is 1.78 bits per heavy atom. The summed E-state index contributed by atoms with van der Waals surface area (Å²) in [4.78, 5) is 7.00. The molecule has 0 aliphatic heterocycles. The van der Waals surface area contributed by atoms with E-state index in [0.717, 1.165) is 58.9 Å². The molecule has 0 bridgehead atoms. The summed E-state index contributed by atoms with van der Waals surface area (Å²) < 4.78 is 1.89. The summed E-state index contributed by atoms with van der Waals surface area (Å²) in [6, 6.07) is 14.4. The fourth-order valence-electron chi connectivity index (χ4n) is 4.12. The van der Waals surface area contributed by atoms with E-state index >= 15 is 0 Å². The number of pyridine rings is 1. The van der Waals surface area contributed by atoms with E-state index in [1.54, 1.807) is 0 Å². The first-order valence-electron chi connectivity index (χ1n) is 11.4. The van der Waals surface area contributed by atoms with E-state index in [9.17, 15) is 0 Å². The summed E-state index contributed by atoms with van der Waals surface area (Å²) in [5.74, 6) is 0. The highest BCUT2D eigenvalue weighted by atomic mass is 15.3. The van der Waals surface area contributed by atoms with E-state index in [1.807, 2.05) is 56.0 Å². The topological polar surface area (TPSA) is 57.7 Å². The minimum absolute atomic E-state index is 0.654. The first kappa shape index (κ1) is 23.4. The van der Waals surface area contributed by atoms with Crippen molar-refractivity contribution in [2.24, 2.45) is 7.05 Å². The van der Waals surface area contributed by atoms with Gasteiger partial charge >= 0.3 is 0 Å². The van der Waals surface area contributed by atoms with Crippen molar-refractivity contribution in [3.63, 3.8) is 0 Å². The van der Waals surface area contributed by atoms with Gasteiger partial charge in [-0.15, -0.1) is 0 Å². The molecular weight excluding hydrogens is 394 g/mol. The normalized spacial score (nSPS) is 10.9. The number of hydrogen-bond acceptors (Lipinski definition) is 4. The average molecular weight is 428 g/mol. The summed E-state index contributed by atoms with van der Waals surface area (Å²) >= 11 is 0. The van der Waals surface area contributed by atoms with Crippen LogP contribution in [0.3, 0.4) is 0 Å². The van der Waals surface area contributed by atoms with Crippen LogP contribution >= 0.6 is 0 Å². The van der Waals surface area contributed by atoms with E-state index in [1.165, 1.54) is 11.1 Å². The van der Waals surface area contributed by atoms with Crippen molar-refractivity contribution in [3.8, 4) is 17.3 Å². The van der Waals surface area contributed by atoms with Crippen molar-refractivity contribution in [2.75, 3.05) is 20.6 Å². The first-order valence-corrected chi connectivity index (χ1v) is 11.4.